The Kier molecular flexibility index (Phi) is 14.0. The highest BCUT2D eigenvalue weighted by Gasteiger charge is 2.18. The summed E-state index contributed by atoms with van der Waals surface area (Å²) in [6, 6.07) is 0. The van der Waals surface area contributed by atoms with Crippen molar-refractivity contribution in [2.24, 2.45) is 0 Å². The number of nitrogens with zero attached hydrogens (tertiary/aromatic N) is 1. The van der Waals surface area contributed by atoms with Gasteiger partial charge in [-0.2, -0.15) is 0 Å². The maximum absolute atomic E-state index is 11.8. The van der Waals surface area contributed by atoms with E-state index in [-0.39, 0.29) is 10.4 Å². The Morgan fingerprint density at radius 2 is 1.38 bits per heavy atom. The molecule has 0 saturated heterocycles. The Hall–Kier alpha value is -0.660. The maximum atomic E-state index is 11.8. The summed E-state index contributed by atoms with van der Waals surface area (Å²) in [6.45, 7) is 3.30. The molecule has 6 nitrogen and oxygen atoms in total. The molecular weight excluding hydrogens is 352 g/mol. The molecule has 0 saturated carbocycles. The van der Waals surface area contributed by atoms with E-state index in [1.54, 1.807) is 14.1 Å². The predicted octanol–water partition coefficient (Wildman–Crippen LogP) is 3.38. The second-order valence-corrected chi connectivity index (χ2v) is 9.36. The van der Waals surface area contributed by atoms with Crippen molar-refractivity contribution in [3.05, 3.63) is 0 Å². The van der Waals surface area contributed by atoms with Gasteiger partial charge in [-0.1, -0.05) is 64.7 Å². The molecule has 0 aliphatic heterocycles. The summed E-state index contributed by atoms with van der Waals surface area (Å²) in [5, 5.41) is 2.87. The lowest BCUT2D eigenvalue weighted by Gasteiger charge is -2.30. The fraction of sp³-hybridized carbons (Fsp3) is 0.947. The Bertz CT molecular complexity index is 464. The summed E-state index contributed by atoms with van der Waals surface area (Å²) in [5.74, 6) is -0.356. The third-order valence-electron chi connectivity index (χ3n) is 4.53. The van der Waals surface area contributed by atoms with Crippen LogP contribution < -0.4 is 5.32 Å². The summed E-state index contributed by atoms with van der Waals surface area (Å²) in [4.78, 5) is 11.8. The molecule has 0 aliphatic carbocycles. The lowest BCUT2D eigenvalue weighted by molar-refractivity contribution is -0.878. The lowest BCUT2D eigenvalue weighted by Crippen LogP contribution is -2.45. The monoisotopic (exact) mass is 392 g/mol. The van der Waals surface area contributed by atoms with Crippen LogP contribution in [0, 0.1) is 0 Å². The van der Waals surface area contributed by atoms with Gasteiger partial charge in [0.2, 0.25) is 5.91 Å². The molecule has 1 N–H and O–H groups in total. The average Bonchev–Trinajstić information content (AvgIpc) is 2.51. The van der Waals surface area contributed by atoms with Gasteiger partial charge in [-0.25, -0.2) is 8.42 Å². The van der Waals surface area contributed by atoms with Crippen molar-refractivity contribution in [1.82, 2.24) is 5.32 Å². The van der Waals surface area contributed by atoms with Crippen molar-refractivity contribution >= 4 is 16.0 Å². The van der Waals surface area contributed by atoms with Gasteiger partial charge in [0, 0.05) is 19.4 Å². The van der Waals surface area contributed by atoms with Gasteiger partial charge in [-0.05, 0) is 6.42 Å². The van der Waals surface area contributed by atoms with Crippen LogP contribution in [0.4, 0.5) is 0 Å². The summed E-state index contributed by atoms with van der Waals surface area (Å²) in [5.41, 5.74) is 0. The topological polar surface area (TPSA) is 86.3 Å². The van der Waals surface area contributed by atoms with Crippen molar-refractivity contribution in [2.45, 2.75) is 84.0 Å². The molecule has 156 valence electrons. The first kappa shape index (κ1) is 25.3. The van der Waals surface area contributed by atoms with Gasteiger partial charge >= 0.3 is 0 Å². The van der Waals surface area contributed by atoms with Gasteiger partial charge in [-0.15, -0.1) is 0 Å². The SMILES string of the molecule is CCCCCCCCCCCCC(=O)NCCC[N+](C)(C)CS(=O)(=O)[O-]. The predicted molar refractivity (Wildman–Crippen MR) is 106 cm³/mol. The fourth-order valence-corrected chi connectivity index (χ4v) is 4.07. The molecule has 0 aromatic carbocycles. The fourth-order valence-electron chi connectivity index (χ4n) is 3.09. The van der Waals surface area contributed by atoms with Crippen molar-refractivity contribution in [2.75, 3.05) is 33.1 Å². The number of unbranched alkanes of at least 4 members (excludes halogenated alkanes) is 9. The van der Waals surface area contributed by atoms with Crippen molar-refractivity contribution in [3.8, 4) is 0 Å². The van der Waals surface area contributed by atoms with Gasteiger partial charge in [0.05, 0.1) is 20.6 Å². The molecule has 0 heterocycles. The van der Waals surface area contributed by atoms with E-state index in [1.807, 2.05) is 0 Å². The molecule has 0 aromatic heterocycles. The minimum absolute atomic E-state index is 0.0614. The molecule has 0 unspecified atom stereocenters. The summed E-state index contributed by atoms with van der Waals surface area (Å²) < 4.78 is 32.6. The van der Waals surface area contributed by atoms with E-state index in [0.29, 0.717) is 25.9 Å². The zero-order valence-electron chi connectivity index (χ0n) is 17.1. The van der Waals surface area contributed by atoms with Crippen LogP contribution in [-0.2, 0) is 14.9 Å². The summed E-state index contributed by atoms with van der Waals surface area (Å²) >= 11 is 0. The summed E-state index contributed by atoms with van der Waals surface area (Å²) in [6.07, 6.45) is 13.7. The number of quaternary nitrogens is 1. The number of amides is 1. The van der Waals surface area contributed by atoms with E-state index < -0.39 is 16.0 Å². The van der Waals surface area contributed by atoms with E-state index in [1.165, 1.54) is 51.4 Å². The minimum atomic E-state index is -4.23. The van der Waals surface area contributed by atoms with Gasteiger partial charge in [0.1, 0.15) is 10.1 Å². The van der Waals surface area contributed by atoms with Crippen molar-refractivity contribution in [3.63, 3.8) is 0 Å². The third kappa shape index (κ3) is 18.1. The number of nitrogens with one attached hydrogen (secondary N) is 1. The van der Waals surface area contributed by atoms with Crippen LogP contribution in [0.2, 0.25) is 0 Å². The smallest absolute Gasteiger partial charge is 0.219 e. The average molecular weight is 393 g/mol. The third-order valence-corrected chi connectivity index (χ3v) is 5.54. The van der Waals surface area contributed by atoms with E-state index in [2.05, 4.69) is 12.2 Å². The molecule has 0 spiro atoms. The number of rotatable bonds is 17. The van der Waals surface area contributed by atoms with E-state index in [4.69, 9.17) is 0 Å². The van der Waals surface area contributed by atoms with E-state index in [9.17, 15) is 17.8 Å². The van der Waals surface area contributed by atoms with E-state index >= 15 is 0 Å². The zero-order chi connectivity index (χ0) is 19.9. The quantitative estimate of drug-likeness (QED) is 0.233. The van der Waals surface area contributed by atoms with Crippen LogP contribution in [0.1, 0.15) is 84.0 Å². The highest BCUT2D eigenvalue weighted by Crippen LogP contribution is 2.11. The molecule has 1 amide bonds. The van der Waals surface area contributed by atoms with Crippen LogP contribution in [0.15, 0.2) is 0 Å². The lowest BCUT2D eigenvalue weighted by atomic mass is 10.1. The number of carbonyl (C=O) groups is 1. The molecule has 0 rings (SSSR count). The van der Waals surface area contributed by atoms with Crippen LogP contribution in [-0.4, -0.2) is 56.4 Å². The van der Waals surface area contributed by atoms with Crippen LogP contribution in [0.25, 0.3) is 0 Å². The van der Waals surface area contributed by atoms with Crippen LogP contribution >= 0.6 is 0 Å². The molecule has 26 heavy (non-hydrogen) atoms. The Morgan fingerprint density at radius 3 is 1.88 bits per heavy atom. The van der Waals surface area contributed by atoms with Gasteiger partial charge in [0.15, 0.2) is 5.88 Å². The molecule has 7 heteroatoms. The Morgan fingerprint density at radius 1 is 0.885 bits per heavy atom. The van der Waals surface area contributed by atoms with Crippen molar-refractivity contribution < 1.29 is 22.2 Å². The zero-order valence-corrected chi connectivity index (χ0v) is 17.9. The van der Waals surface area contributed by atoms with Gasteiger partial charge < -0.3 is 14.4 Å². The standard InChI is InChI=1S/C19H40N2O4S/c1-4-5-6-7-8-9-10-11-12-13-15-19(22)20-16-14-17-21(2,3)18-26(23,24)25/h4-18H2,1-3H3,(H-,20,22,23,24,25). The first-order chi connectivity index (χ1) is 12.2. The summed E-state index contributed by atoms with van der Waals surface area (Å²) in [7, 11) is -0.810. The molecule has 0 atom stereocenters. The van der Waals surface area contributed by atoms with Crippen LogP contribution in [0.5, 0.6) is 0 Å². The van der Waals surface area contributed by atoms with E-state index in [0.717, 1.165) is 12.8 Å². The molecule has 0 fully saturated rings. The van der Waals surface area contributed by atoms with Crippen LogP contribution in [0.3, 0.4) is 0 Å². The Labute approximate surface area is 161 Å². The van der Waals surface area contributed by atoms with Crippen molar-refractivity contribution in [1.29, 1.82) is 0 Å². The molecule has 0 radical (unpaired) electrons. The highest BCUT2D eigenvalue weighted by molar-refractivity contribution is 7.85. The first-order valence-electron chi connectivity index (χ1n) is 10.2. The Balaban J connectivity index is 3.50. The highest BCUT2D eigenvalue weighted by atomic mass is 32.2. The normalized spacial score (nSPS) is 12.3. The molecule has 0 aromatic rings. The second-order valence-electron chi connectivity index (χ2n) is 7.98. The van der Waals surface area contributed by atoms with Gasteiger partial charge in [-0.3, -0.25) is 4.79 Å². The molecular formula is C19H40N2O4S. The number of carbonyl (C=O) groups excluding carboxylic acids is 1. The number of hydrogen-bond acceptors (Lipinski definition) is 4. The number of hydrogen-bond donors (Lipinski definition) is 1. The first-order valence-corrected chi connectivity index (χ1v) is 11.8. The molecule has 0 bridgehead atoms. The maximum Gasteiger partial charge on any atom is 0.219 e. The minimum Gasteiger partial charge on any atom is -0.744 e. The van der Waals surface area contributed by atoms with Gasteiger partial charge in [0.25, 0.3) is 0 Å². The second kappa shape index (κ2) is 14.4. The largest absolute Gasteiger partial charge is 0.744 e. The molecule has 0 aliphatic rings.